The van der Waals surface area contributed by atoms with Gasteiger partial charge in [0.15, 0.2) is 5.78 Å². The van der Waals surface area contributed by atoms with Crippen molar-refractivity contribution in [3.8, 4) is 0 Å². The minimum absolute atomic E-state index is 0.0131. The summed E-state index contributed by atoms with van der Waals surface area (Å²) >= 11 is 0. The largest absolute Gasteiger partial charge is 0.490 e. The van der Waals surface area contributed by atoms with Crippen LogP contribution in [0.4, 0.5) is 24.5 Å². The molecule has 0 unspecified atom stereocenters. The molecule has 0 aliphatic carbocycles. The number of nitrogens with zero attached hydrogens (tertiary/aromatic N) is 1. The number of halogens is 3. The topological polar surface area (TPSA) is 141 Å². The van der Waals surface area contributed by atoms with Gasteiger partial charge < -0.3 is 15.1 Å². The first-order valence-corrected chi connectivity index (χ1v) is 13.7. The molecule has 0 saturated heterocycles. The number of hydrogen-bond donors (Lipinski definition) is 3. The molecular formula is C28H29F3N2O7S. The molecule has 220 valence electrons. The van der Waals surface area contributed by atoms with Crippen molar-refractivity contribution in [2.75, 3.05) is 16.2 Å². The summed E-state index contributed by atoms with van der Waals surface area (Å²) in [6.45, 7) is 4.67. The van der Waals surface area contributed by atoms with Crippen LogP contribution >= 0.6 is 0 Å². The molecule has 3 rings (SSSR count). The summed E-state index contributed by atoms with van der Waals surface area (Å²) in [7, 11) is -3.96. The van der Waals surface area contributed by atoms with E-state index in [9.17, 15) is 36.3 Å². The molecule has 3 aromatic carbocycles. The average Bonchev–Trinajstić information content (AvgIpc) is 2.91. The number of carbonyl (C=O) groups is 3. The molecule has 9 nitrogen and oxygen atoms in total. The second-order valence-corrected chi connectivity index (χ2v) is 10.5. The third kappa shape index (κ3) is 9.94. The number of sulfonamides is 1. The Morgan fingerprint density at radius 3 is 2.00 bits per heavy atom. The van der Waals surface area contributed by atoms with E-state index in [1.54, 1.807) is 12.1 Å². The number of hydrogen-bond acceptors (Lipinski definition) is 6. The van der Waals surface area contributed by atoms with Crippen molar-refractivity contribution >= 4 is 39.1 Å². The average molecular weight is 595 g/mol. The Bertz CT molecular complexity index is 1460. The number of rotatable bonds is 11. The number of Topliss-reactive ketones (excluding diaryl/α,β-unsaturated/α-hetero) is 1. The highest BCUT2D eigenvalue weighted by Crippen LogP contribution is 2.28. The SMILES string of the molecule is CCCCN(Cc1ccccc1)c1ccc(NS(=O)(=O)c2ccc(C(C)=O)cc2)cc1C(=O)O.O=C(O)C(F)(F)F. The Hall–Kier alpha value is -4.39. The first-order valence-electron chi connectivity index (χ1n) is 12.3. The Kier molecular flexibility index (Phi) is 11.4. The van der Waals surface area contributed by atoms with Gasteiger partial charge in [-0.05, 0) is 49.2 Å². The minimum atomic E-state index is -5.08. The maximum Gasteiger partial charge on any atom is 0.490 e. The lowest BCUT2D eigenvalue weighted by Crippen LogP contribution is -2.26. The predicted octanol–water partition coefficient (Wildman–Crippen LogP) is 5.83. The molecule has 0 bridgehead atoms. The zero-order valence-electron chi connectivity index (χ0n) is 22.2. The van der Waals surface area contributed by atoms with Crippen LogP contribution in [0.2, 0.25) is 0 Å². The lowest BCUT2D eigenvalue weighted by Gasteiger charge is -2.27. The molecule has 3 N–H and O–H groups in total. The number of carboxylic acid groups (broad SMARTS) is 2. The van der Waals surface area contributed by atoms with Gasteiger partial charge >= 0.3 is 18.1 Å². The summed E-state index contributed by atoms with van der Waals surface area (Å²) in [5.74, 6) is -4.06. The molecule has 0 heterocycles. The van der Waals surface area contributed by atoms with Crippen LogP contribution in [0, 0.1) is 0 Å². The maximum absolute atomic E-state index is 12.8. The van der Waals surface area contributed by atoms with Crippen molar-refractivity contribution in [1.29, 1.82) is 0 Å². The van der Waals surface area contributed by atoms with Crippen molar-refractivity contribution in [3.05, 3.63) is 89.5 Å². The van der Waals surface area contributed by atoms with E-state index in [1.165, 1.54) is 37.3 Å². The van der Waals surface area contributed by atoms with E-state index < -0.39 is 28.1 Å². The van der Waals surface area contributed by atoms with Crippen molar-refractivity contribution in [1.82, 2.24) is 0 Å². The van der Waals surface area contributed by atoms with E-state index in [1.807, 2.05) is 35.2 Å². The van der Waals surface area contributed by atoms with Crippen molar-refractivity contribution in [2.24, 2.45) is 0 Å². The quantitative estimate of drug-likeness (QED) is 0.236. The van der Waals surface area contributed by atoms with E-state index in [-0.39, 0.29) is 21.9 Å². The summed E-state index contributed by atoms with van der Waals surface area (Å²) in [6.07, 6.45) is -3.25. The molecule has 0 aromatic heterocycles. The van der Waals surface area contributed by atoms with Crippen LogP contribution in [0.1, 0.15) is 53.0 Å². The maximum atomic E-state index is 12.8. The number of aromatic carboxylic acids is 1. The molecule has 13 heteroatoms. The fourth-order valence-electron chi connectivity index (χ4n) is 3.57. The minimum Gasteiger partial charge on any atom is -0.478 e. The van der Waals surface area contributed by atoms with Gasteiger partial charge in [0, 0.05) is 24.3 Å². The Labute approximate surface area is 235 Å². The number of ketones is 1. The first-order chi connectivity index (χ1) is 19.2. The molecule has 0 fully saturated rings. The molecule has 0 spiro atoms. The number of anilines is 2. The Morgan fingerprint density at radius 1 is 0.927 bits per heavy atom. The number of alkyl halides is 3. The fourth-order valence-corrected chi connectivity index (χ4v) is 4.62. The fraction of sp³-hybridized carbons (Fsp3) is 0.250. The van der Waals surface area contributed by atoms with Gasteiger partial charge in [-0.25, -0.2) is 18.0 Å². The van der Waals surface area contributed by atoms with Gasteiger partial charge in [0.25, 0.3) is 10.0 Å². The van der Waals surface area contributed by atoms with E-state index >= 15 is 0 Å². The zero-order chi connectivity index (χ0) is 30.8. The van der Waals surface area contributed by atoms with Crippen LogP contribution in [0.25, 0.3) is 0 Å². The third-order valence-corrected chi connectivity index (χ3v) is 7.03. The summed E-state index contributed by atoms with van der Waals surface area (Å²) in [4.78, 5) is 34.4. The monoisotopic (exact) mass is 594 g/mol. The first kappa shape index (κ1) is 32.8. The molecule has 0 aliphatic rings. The molecule has 0 aliphatic heterocycles. The van der Waals surface area contributed by atoms with Gasteiger partial charge in [0.1, 0.15) is 0 Å². The highest BCUT2D eigenvalue weighted by atomic mass is 32.2. The van der Waals surface area contributed by atoms with Gasteiger partial charge in [-0.2, -0.15) is 13.2 Å². The van der Waals surface area contributed by atoms with Crippen LogP contribution in [0.3, 0.4) is 0 Å². The van der Waals surface area contributed by atoms with E-state index in [0.29, 0.717) is 24.3 Å². The van der Waals surface area contributed by atoms with E-state index in [2.05, 4.69) is 11.6 Å². The highest BCUT2D eigenvalue weighted by Gasteiger charge is 2.38. The molecule has 0 atom stereocenters. The summed E-state index contributed by atoms with van der Waals surface area (Å²) in [6, 6.07) is 19.9. The number of unbranched alkanes of at least 4 members (excludes halogenated alkanes) is 1. The van der Waals surface area contributed by atoms with Crippen LogP contribution < -0.4 is 9.62 Å². The van der Waals surface area contributed by atoms with Gasteiger partial charge in [-0.1, -0.05) is 55.8 Å². The lowest BCUT2D eigenvalue weighted by atomic mass is 10.1. The number of benzene rings is 3. The van der Waals surface area contributed by atoms with Gasteiger partial charge in [0.2, 0.25) is 0 Å². The molecular weight excluding hydrogens is 565 g/mol. The van der Waals surface area contributed by atoms with Crippen molar-refractivity contribution < 1.29 is 46.2 Å². The number of nitrogens with one attached hydrogen (secondary N) is 1. The second-order valence-electron chi connectivity index (χ2n) is 8.79. The Morgan fingerprint density at radius 2 is 1.51 bits per heavy atom. The van der Waals surface area contributed by atoms with Gasteiger partial charge in [-0.15, -0.1) is 0 Å². The van der Waals surface area contributed by atoms with Crippen LogP contribution in [0.5, 0.6) is 0 Å². The van der Waals surface area contributed by atoms with E-state index in [0.717, 1.165) is 18.4 Å². The lowest BCUT2D eigenvalue weighted by molar-refractivity contribution is -0.192. The molecule has 41 heavy (non-hydrogen) atoms. The summed E-state index contributed by atoms with van der Waals surface area (Å²) < 4.78 is 59.8. The van der Waals surface area contributed by atoms with Crippen LogP contribution in [-0.4, -0.2) is 49.1 Å². The highest BCUT2D eigenvalue weighted by molar-refractivity contribution is 7.92. The van der Waals surface area contributed by atoms with Crippen molar-refractivity contribution in [2.45, 2.75) is 44.3 Å². The van der Waals surface area contributed by atoms with Crippen molar-refractivity contribution in [3.63, 3.8) is 0 Å². The second kappa shape index (κ2) is 14.3. The molecule has 0 amide bonds. The van der Waals surface area contributed by atoms with Gasteiger partial charge in [0.05, 0.1) is 16.1 Å². The van der Waals surface area contributed by atoms with Crippen LogP contribution in [0.15, 0.2) is 77.7 Å². The smallest absolute Gasteiger partial charge is 0.478 e. The predicted molar refractivity (Wildman–Crippen MR) is 147 cm³/mol. The number of carbonyl (C=O) groups excluding carboxylic acids is 1. The number of carboxylic acids is 2. The number of aliphatic carboxylic acids is 1. The standard InChI is InChI=1S/C26H28N2O5S.C2HF3O2/c1-3-4-16-28(18-20-8-6-5-7-9-20)25-15-12-22(17-24(25)26(30)31)27-34(32,33)23-13-10-21(11-14-23)19(2)29;3-2(4,5)1(6)7/h5-15,17,27H,3-4,16,18H2,1-2H3,(H,30,31);(H,6,7). The summed E-state index contributed by atoms with van der Waals surface area (Å²) in [5, 5.41) is 17.0. The van der Waals surface area contributed by atoms with E-state index in [4.69, 9.17) is 9.90 Å². The Balaban J connectivity index is 0.000000745. The molecule has 0 saturated carbocycles. The summed E-state index contributed by atoms with van der Waals surface area (Å²) in [5.41, 5.74) is 2.14. The van der Waals surface area contributed by atoms with Gasteiger partial charge in [-0.3, -0.25) is 9.52 Å². The third-order valence-electron chi connectivity index (χ3n) is 5.63. The normalized spacial score (nSPS) is 11.1. The molecule has 0 radical (unpaired) electrons. The zero-order valence-corrected chi connectivity index (χ0v) is 23.0. The van der Waals surface area contributed by atoms with Crippen LogP contribution in [-0.2, 0) is 21.4 Å². The molecule has 3 aromatic rings.